The fraction of sp³-hybridized carbons (Fsp3) is 0.412. The lowest BCUT2D eigenvalue weighted by Gasteiger charge is -2.29. The molecule has 1 fully saturated rings. The van der Waals surface area contributed by atoms with Gasteiger partial charge in [-0.1, -0.05) is 30.3 Å². The minimum Gasteiger partial charge on any atom is -0.341 e. The molecule has 1 saturated heterocycles. The molecule has 4 heteroatoms. The number of hydrogen-bond donors (Lipinski definition) is 0. The molecule has 3 rings (SSSR count). The molecule has 21 heavy (non-hydrogen) atoms. The summed E-state index contributed by atoms with van der Waals surface area (Å²) in [5.41, 5.74) is 2.18. The normalized spacial score (nSPS) is 16.7. The topological polar surface area (TPSA) is 38.1 Å². The zero-order chi connectivity index (χ0) is 14.7. The van der Waals surface area contributed by atoms with Gasteiger partial charge >= 0.3 is 0 Å². The van der Waals surface area contributed by atoms with Crippen LogP contribution in [0.25, 0.3) is 11.1 Å². The van der Waals surface area contributed by atoms with Gasteiger partial charge in [-0.3, -0.25) is 9.48 Å². The SMILES string of the molecule is CC(C(=O)N1CCCCC1)n1cc(-c2ccccc2)cn1. The highest BCUT2D eigenvalue weighted by atomic mass is 16.2. The van der Waals surface area contributed by atoms with E-state index in [9.17, 15) is 4.79 Å². The van der Waals surface area contributed by atoms with Crippen molar-refractivity contribution < 1.29 is 4.79 Å². The van der Waals surface area contributed by atoms with Crippen LogP contribution in [0.4, 0.5) is 0 Å². The highest BCUT2D eigenvalue weighted by molar-refractivity contribution is 5.80. The minimum absolute atomic E-state index is 0.178. The van der Waals surface area contributed by atoms with Crippen molar-refractivity contribution in [1.29, 1.82) is 0 Å². The largest absolute Gasteiger partial charge is 0.341 e. The zero-order valence-corrected chi connectivity index (χ0v) is 12.4. The summed E-state index contributed by atoms with van der Waals surface area (Å²) in [6.45, 7) is 3.70. The molecule has 110 valence electrons. The monoisotopic (exact) mass is 283 g/mol. The van der Waals surface area contributed by atoms with Crippen LogP contribution in [0.2, 0.25) is 0 Å². The lowest BCUT2D eigenvalue weighted by atomic mass is 10.1. The third-order valence-corrected chi connectivity index (χ3v) is 4.13. The molecular weight excluding hydrogens is 262 g/mol. The van der Waals surface area contributed by atoms with E-state index in [4.69, 9.17) is 0 Å². The van der Waals surface area contributed by atoms with Crippen LogP contribution in [-0.4, -0.2) is 33.7 Å². The Bertz CT molecular complexity index is 600. The second-order valence-corrected chi connectivity index (χ2v) is 5.64. The predicted molar refractivity (Wildman–Crippen MR) is 82.8 cm³/mol. The van der Waals surface area contributed by atoms with Crippen LogP contribution >= 0.6 is 0 Å². The van der Waals surface area contributed by atoms with E-state index in [1.54, 1.807) is 4.68 Å². The van der Waals surface area contributed by atoms with Gasteiger partial charge in [-0.2, -0.15) is 5.10 Å². The van der Waals surface area contributed by atoms with Crippen molar-refractivity contribution in [3.63, 3.8) is 0 Å². The van der Waals surface area contributed by atoms with Gasteiger partial charge in [0.15, 0.2) is 0 Å². The van der Waals surface area contributed by atoms with Crippen molar-refractivity contribution in [2.24, 2.45) is 0 Å². The number of nitrogens with zero attached hydrogens (tertiary/aromatic N) is 3. The van der Waals surface area contributed by atoms with E-state index in [2.05, 4.69) is 17.2 Å². The molecule has 1 atom stereocenters. The van der Waals surface area contributed by atoms with Crippen molar-refractivity contribution in [1.82, 2.24) is 14.7 Å². The van der Waals surface area contributed by atoms with Gasteiger partial charge in [0.05, 0.1) is 6.20 Å². The van der Waals surface area contributed by atoms with Crippen LogP contribution in [0.3, 0.4) is 0 Å². The van der Waals surface area contributed by atoms with Gasteiger partial charge in [-0.25, -0.2) is 0 Å². The molecule has 0 radical (unpaired) electrons. The first-order valence-corrected chi connectivity index (χ1v) is 7.64. The maximum Gasteiger partial charge on any atom is 0.247 e. The van der Waals surface area contributed by atoms with Crippen molar-refractivity contribution in [2.75, 3.05) is 13.1 Å². The van der Waals surface area contributed by atoms with Crippen molar-refractivity contribution in [2.45, 2.75) is 32.2 Å². The molecule has 1 amide bonds. The summed E-state index contributed by atoms with van der Waals surface area (Å²) in [6, 6.07) is 9.89. The Morgan fingerprint density at radius 2 is 1.81 bits per heavy atom. The van der Waals surface area contributed by atoms with Crippen LogP contribution in [0.5, 0.6) is 0 Å². The number of carbonyl (C=O) groups is 1. The third-order valence-electron chi connectivity index (χ3n) is 4.13. The summed E-state index contributed by atoms with van der Waals surface area (Å²) in [4.78, 5) is 14.5. The van der Waals surface area contributed by atoms with Crippen LogP contribution in [-0.2, 0) is 4.79 Å². The van der Waals surface area contributed by atoms with E-state index in [1.165, 1.54) is 6.42 Å². The van der Waals surface area contributed by atoms with Crippen LogP contribution in [0.1, 0.15) is 32.2 Å². The first-order valence-electron chi connectivity index (χ1n) is 7.64. The number of amides is 1. The number of carbonyl (C=O) groups excluding carboxylic acids is 1. The maximum absolute atomic E-state index is 12.5. The van der Waals surface area contributed by atoms with Gasteiger partial charge in [0.1, 0.15) is 6.04 Å². The van der Waals surface area contributed by atoms with Gasteiger partial charge in [-0.05, 0) is 31.7 Å². The van der Waals surface area contributed by atoms with Crippen molar-refractivity contribution in [3.05, 3.63) is 42.7 Å². The van der Waals surface area contributed by atoms with Crippen molar-refractivity contribution >= 4 is 5.91 Å². The molecule has 0 aliphatic carbocycles. The van der Waals surface area contributed by atoms with Gasteiger partial charge in [0.25, 0.3) is 0 Å². The predicted octanol–water partition coefficient (Wildman–Crippen LogP) is 3.12. The Labute approximate surface area is 125 Å². The third kappa shape index (κ3) is 2.99. The molecule has 1 unspecified atom stereocenters. The highest BCUT2D eigenvalue weighted by Gasteiger charge is 2.23. The van der Waals surface area contributed by atoms with Gasteiger partial charge in [-0.15, -0.1) is 0 Å². The minimum atomic E-state index is -0.236. The molecule has 1 aromatic heterocycles. The Morgan fingerprint density at radius 3 is 2.52 bits per heavy atom. The van der Waals surface area contributed by atoms with E-state index in [0.29, 0.717) is 0 Å². The Hall–Kier alpha value is -2.10. The summed E-state index contributed by atoms with van der Waals surface area (Å²) in [6.07, 6.45) is 7.26. The van der Waals surface area contributed by atoms with E-state index in [1.807, 2.05) is 42.4 Å². The summed E-state index contributed by atoms with van der Waals surface area (Å²) < 4.78 is 1.78. The molecule has 0 spiro atoms. The molecule has 0 saturated carbocycles. The molecule has 1 aliphatic heterocycles. The number of hydrogen-bond acceptors (Lipinski definition) is 2. The number of aromatic nitrogens is 2. The Morgan fingerprint density at radius 1 is 1.10 bits per heavy atom. The van der Waals surface area contributed by atoms with Crippen LogP contribution < -0.4 is 0 Å². The summed E-state index contributed by atoms with van der Waals surface area (Å²) in [5.74, 6) is 0.178. The second-order valence-electron chi connectivity index (χ2n) is 5.64. The fourth-order valence-corrected chi connectivity index (χ4v) is 2.82. The molecule has 1 aliphatic rings. The van der Waals surface area contributed by atoms with Gasteiger partial charge in [0, 0.05) is 24.8 Å². The maximum atomic E-state index is 12.5. The first-order chi connectivity index (χ1) is 10.3. The lowest BCUT2D eigenvalue weighted by molar-refractivity contribution is -0.135. The van der Waals surface area contributed by atoms with E-state index >= 15 is 0 Å². The lowest BCUT2D eigenvalue weighted by Crippen LogP contribution is -2.39. The van der Waals surface area contributed by atoms with E-state index in [-0.39, 0.29) is 11.9 Å². The summed E-state index contributed by atoms with van der Waals surface area (Å²) in [7, 11) is 0. The standard InChI is InChI=1S/C17H21N3O/c1-14(17(21)19-10-6-3-7-11-19)20-13-16(12-18-20)15-8-4-2-5-9-15/h2,4-5,8-9,12-14H,3,6-7,10-11H2,1H3. The quantitative estimate of drug-likeness (QED) is 0.868. The van der Waals surface area contributed by atoms with Crippen molar-refractivity contribution in [3.8, 4) is 11.1 Å². The number of likely N-dealkylation sites (tertiary alicyclic amines) is 1. The zero-order valence-electron chi connectivity index (χ0n) is 12.4. The fourth-order valence-electron chi connectivity index (χ4n) is 2.82. The first kappa shape index (κ1) is 13.9. The van der Waals surface area contributed by atoms with E-state index in [0.717, 1.165) is 37.1 Å². The van der Waals surface area contributed by atoms with Crippen LogP contribution in [0, 0.1) is 0 Å². The molecule has 2 heterocycles. The van der Waals surface area contributed by atoms with Gasteiger partial charge in [0.2, 0.25) is 5.91 Å². The number of piperidine rings is 1. The smallest absolute Gasteiger partial charge is 0.247 e. The Kier molecular flexibility index (Phi) is 4.04. The molecule has 4 nitrogen and oxygen atoms in total. The molecular formula is C17H21N3O. The van der Waals surface area contributed by atoms with Gasteiger partial charge < -0.3 is 4.90 Å². The average molecular weight is 283 g/mol. The second kappa shape index (κ2) is 6.12. The highest BCUT2D eigenvalue weighted by Crippen LogP contribution is 2.21. The van der Waals surface area contributed by atoms with E-state index < -0.39 is 0 Å². The number of rotatable bonds is 3. The molecule has 0 bridgehead atoms. The molecule has 0 N–H and O–H groups in total. The number of benzene rings is 1. The van der Waals surface area contributed by atoms with Crippen LogP contribution in [0.15, 0.2) is 42.7 Å². The molecule has 2 aromatic rings. The average Bonchev–Trinajstić information content (AvgIpc) is 3.05. The summed E-state index contributed by atoms with van der Waals surface area (Å²) >= 11 is 0. The Balaban J connectivity index is 1.74. The molecule has 1 aromatic carbocycles. The summed E-state index contributed by atoms with van der Waals surface area (Å²) in [5, 5.41) is 4.38.